The molecule has 2 aromatic rings. The Bertz CT molecular complexity index is 512. The van der Waals surface area contributed by atoms with E-state index in [1.165, 1.54) is 11.2 Å². The van der Waals surface area contributed by atoms with Gasteiger partial charge in [-0.05, 0) is 24.3 Å². The fourth-order valence-electron chi connectivity index (χ4n) is 2.02. The first kappa shape index (κ1) is 13.8. The van der Waals surface area contributed by atoms with Gasteiger partial charge in [0.25, 0.3) is 0 Å². The third kappa shape index (κ3) is 3.02. The Morgan fingerprint density at radius 3 is 2.68 bits per heavy atom. The summed E-state index contributed by atoms with van der Waals surface area (Å²) in [6.07, 6.45) is 3.35. The van der Waals surface area contributed by atoms with E-state index < -0.39 is 0 Å². The van der Waals surface area contributed by atoms with Crippen molar-refractivity contribution in [2.24, 2.45) is 5.84 Å². The molecule has 2 heterocycles. The van der Waals surface area contributed by atoms with Crippen molar-refractivity contribution in [1.29, 1.82) is 0 Å². The molecule has 0 fully saturated rings. The summed E-state index contributed by atoms with van der Waals surface area (Å²) in [5, 5.41) is 5.58. The van der Waals surface area contributed by atoms with Gasteiger partial charge in [0.15, 0.2) is 0 Å². The van der Waals surface area contributed by atoms with E-state index in [0.717, 1.165) is 24.2 Å². The monoisotopic (exact) mass is 277 g/mol. The Morgan fingerprint density at radius 1 is 1.32 bits per heavy atom. The van der Waals surface area contributed by atoms with Crippen molar-refractivity contribution in [2.45, 2.75) is 32.7 Å². The number of rotatable bonds is 6. The Balaban J connectivity index is 2.27. The van der Waals surface area contributed by atoms with Crippen LogP contribution in [0.2, 0.25) is 0 Å². The lowest BCUT2D eigenvalue weighted by atomic mass is 10.1. The molecule has 19 heavy (non-hydrogen) atoms. The molecule has 0 aliphatic carbocycles. The van der Waals surface area contributed by atoms with Crippen LogP contribution in [0, 0.1) is 0 Å². The molecule has 6 heteroatoms. The summed E-state index contributed by atoms with van der Waals surface area (Å²) < 4.78 is 0. The minimum absolute atomic E-state index is 0.269. The van der Waals surface area contributed by atoms with Crippen molar-refractivity contribution in [3.8, 4) is 0 Å². The van der Waals surface area contributed by atoms with Crippen molar-refractivity contribution in [2.75, 3.05) is 10.7 Å². The van der Waals surface area contributed by atoms with Crippen LogP contribution in [-0.4, -0.2) is 9.97 Å². The van der Waals surface area contributed by atoms with E-state index in [9.17, 15) is 0 Å². The van der Waals surface area contributed by atoms with Gasteiger partial charge in [-0.15, -0.1) is 11.3 Å². The van der Waals surface area contributed by atoms with Crippen molar-refractivity contribution in [3.63, 3.8) is 0 Å². The van der Waals surface area contributed by atoms with Crippen LogP contribution in [0.4, 0.5) is 11.6 Å². The second-order valence-corrected chi connectivity index (χ2v) is 5.15. The largest absolute Gasteiger partial charge is 0.362 e. The highest BCUT2D eigenvalue weighted by molar-refractivity contribution is 7.10. The molecule has 0 amide bonds. The van der Waals surface area contributed by atoms with Crippen molar-refractivity contribution in [1.82, 2.24) is 9.97 Å². The molecule has 0 spiro atoms. The number of hydrazine groups is 1. The fraction of sp³-hybridized carbons (Fsp3) is 0.385. The standard InChI is InChI=1S/C13H19N5S/c1-3-9-12(15-8-16-13(9)18-14)17-10(4-2)11-6-5-7-19-11/h5-8,10H,3-4,14H2,1-2H3,(H2,15,16,17,18). The lowest BCUT2D eigenvalue weighted by Gasteiger charge is -2.19. The average molecular weight is 277 g/mol. The second kappa shape index (κ2) is 6.49. The molecule has 2 aromatic heterocycles. The number of nitrogens with one attached hydrogen (secondary N) is 2. The van der Waals surface area contributed by atoms with E-state index in [1.807, 2.05) is 0 Å². The Kier molecular flexibility index (Phi) is 4.70. The van der Waals surface area contributed by atoms with E-state index >= 15 is 0 Å². The predicted octanol–water partition coefficient (Wildman–Crippen LogP) is 2.95. The Hall–Kier alpha value is -1.66. The number of aromatic nitrogens is 2. The Labute approximate surface area is 117 Å². The van der Waals surface area contributed by atoms with Gasteiger partial charge in [0.05, 0.1) is 6.04 Å². The smallest absolute Gasteiger partial charge is 0.148 e. The summed E-state index contributed by atoms with van der Waals surface area (Å²) in [5.74, 6) is 7.02. The minimum atomic E-state index is 0.269. The summed E-state index contributed by atoms with van der Waals surface area (Å²) in [7, 11) is 0. The van der Waals surface area contributed by atoms with Gasteiger partial charge in [0, 0.05) is 10.4 Å². The SMILES string of the molecule is CCc1c(NN)ncnc1NC(CC)c1cccs1. The zero-order chi connectivity index (χ0) is 13.7. The first-order chi connectivity index (χ1) is 9.30. The van der Waals surface area contributed by atoms with Crippen LogP contribution in [0.1, 0.15) is 36.8 Å². The van der Waals surface area contributed by atoms with E-state index in [0.29, 0.717) is 5.82 Å². The van der Waals surface area contributed by atoms with Crippen LogP contribution in [0.3, 0.4) is 0 Å². The number of anilines is 2. The molecule has 0 saturated heterocycles. The average Bonchev–Trinajstić information content (AvgIpc) is 2.98. The molecule has 2 rings (SSSR count). The van der Waals surface area contributed by atoms with Gasteiger partial charge >= 0.3 is 0 Å². The summed E-state index contributed by atoms with van der Waals surface area (Å²) >= 11 is 1.75. The lowest BCUT2D eigenvalue weighted by molar-refractivity contribution is 0.755. The molecule has 4 N–H and O–H groups in total. The third-order valence-corrected chi connectivity index (χ3v) is 4.03. The van der Waals surface area contributed by atoms with Gasteiger partial charge in [-0.2, -0.15) is 0 Å². The highest BCUT2D eigenvalue weighted by atomic mass is 32.1. The zero-order valence-electron chi connectivity index (χ0n) is 11.2. The van der Waals surface area contributed by atoms with E-state index in [2.05, 4.69) is 52.1 Å². The van der Waals surface area contributed by atoms with Gasteiger partial charge in [-0.3, -0.25) is 0 Å². The van der Waals surface area contributed by atoms with Crippen LogP contribution >= 0.6 is 11.3 Å². The normalized spacial score (nSPS) is 12.2. The fourth-order valence-corrected chi connectivity index (χ4v) is 2.89. The van der Waals surface area contributed by atoms with Crippen LogP contribution in [0.5, 0.6) is 0 Å². The molecule has 0 aromatic carbocycles. The summed E-state index contributed by atoms with van der Waals surface area (Å²) in [5.41, 5.74) is 3.64. The number of nitrogens with zero attached hydrogens (tertiary/aromatic N) is 2. The molecular weight excluding hydrogens is 258 g/mol. The second-order valence-electron chi connectivity index (χ2n) is 4.17. The van der Waals surface area contributed by atoms with Crippen LogP contribution in [-0.2, 0) is 6.42 Å². The van der Waals surface area contributed by atoms with E-state index in [-0.39, 0.29) is 6.04 Å². The number of nitrogens with two attached hydrogens (primary N) is 1. The molecule has 0 radical (unpaired) electrons. The molecule has 0 saturated carbocycles. The van der Waals surface area contributed by atoms with Gasteiger partial charge in [-0.1, -0.05) is 19.9 Å². The van der Waals surface area contributed by atoms with Crippen molar-refractivity contribution in [3.05, 3.63) is 34.3 Å². The summed E-state index contributed by atoms with van der Waals surface area (Å²) in [6.45, 7) is 4.23. The number of thiophene rings is 1. The lowest BCUT2D eigenvalue weighted by Crippen LogP contribution is -2.16. The molecular formula is C13H19N5S. The number of hydrogen-bond donors (Lipinski definition) is 3. The summed E-state index contributed by atoms with van der Waals surface area (Å²) in [6, 6.07) is 4.48. The molecule has 1 unspecified atom stereocenters. The predicted molar refractivity (Wildman–Crippen MR) is 80.2 cm³/mol. The van der Waals surface area contributed by atoms with Crippen molar-refractivity contribution >= 4 is 23.0 Å². The maximum atomic E-state index is 5.49. The molecule has 0 aliphatic heterocycles. The third-order valence-electron chi connectivity index (χ3n) is 3.04. The first-order valence-electron chi connectivity index (χ1n) is 6.40. The Morgan fingerprint density at radius 2 is 2.11 bits per heavy atom. The highest BCUT2D eigenvalue weighted by Crippen LogP contribution is 2.28. The minimum Gasteiger partial charge on any atom is -0.362 e. The zero-order valence-corrected chi connectivity index (χ0v) is 12.0. The van der Waals surface area contributed by atoms with E-state index in [4.69, 9.17) is 5.84 Å². The molecule has 102 valence electrons. The van der Waals surface area contributed by atoms with Gasteiger partial charge in [0.1, 0.15) is 18.0 Å². The van der Waals surface area contributed by atoms with Crippen LogP contribution in [0.25, 0.3) is 0 Å². The topological polar surface area (TPSA) is 75.9 Å². The number of nitrogen functional groups attached to an aromatic ring is 1. The number of hydrogen-bond acceptors (Lipinski definition) is 6. The maximum Gasteiger partial charge on any atom is 0.148 e. The molecule has 1 atom stereocenters. The molecule has 5 nitrogen and oxygen atoms in total. The first-order valence-corrected chi connectivity index (χ1v) is 7.28. The van der Waals surface area contributed by atoms with Gasteiger partial charge in [-0.25, -0.2) is 15.8 Å². The van der Waals surface area contributed by atoms with Crippen LogP contribution < -0.4 is 16.6 Å². The molecule has 0 aliphatic rings. The van der Waals surface area contributed by atoms with Gasteiger partial charge in [0.2, 0.25) is 0 Å². The quantitative estimate of drug-likeness (QED) is 0.559. The maximum absolute atomic E-state index is 5.49. The molecule has 0 bridgehead atoms. The highest BCUT2D eigenvalue weighted by Gasteiger charge is 2.15. The summed E-state index contributed by atoms with van der Waals surface area (Å²) in [4.78, 5) is 9.79. The van der Waals surface area contributed by atoms with Crippen molar-refractivity contribution < 1.29 is 0 Å². The van der Waals surface area contributed by atoms with Gasteiger partial charge < -0.3 is 10.7 Å². The van der Waals surface area contributed by atoms with Crippen LogP contribution in [0.15, 0.2) is 23.8 Å². The van der Waals surface area contributed by atoms with E-state index in [1.54, 1.807) is 11.3 Å².